The number of halogens is 2. The smallest absolute Gasteiger partial charge is 0.269 e. The van der Waals surface area contributed by atoms with Crippen LogP contribution in [-0.2, 0) is 13.0 Å². The molecule has 0 atom stereocenters. The van der Waals surface area contributed by atoms with Crippen LogP contribution in [0.4, 0.5) is 5.69 Å². The molecule has 0 bridgehead atoms. The van der Waals surface area contributed by atoms with Crippen LogP contribution in [0.2, 0.25) is 10.0 Å². The number of ether oxygens (including phenoxy) is 2. The first kappa shape index (κ1) is 24.8. The van der Waals surface area contributed by atoms with Crippen LogP contribution >= 0.6 is 23.2 Å². The summed E-state index contributed by atoms with van der Waals surface area (Å²) in [6.45, 7) is 4.07. The van der Waals surface area contributed by atoms with E-state index in [-0.39, 0.29) is 12.3 Å². The number of nitrogens with zero attached hydrogens (tertiary/aromatic N) is 2. The summed E-state index contributed by atoms with van der Waals surface area (Å²) in [6.07, 6.45) is 3.95. The van der Waals surface area contributed by atoms with Crippen molar-refractivity contribution in [2.45, 2.75) is 13.0 Å². The molecule has 0 aliphatic rings. The second-order valence-corrected chi connectivity index (χ2v) is 8.03. The van der Waals surface area contributed by atoms with E-state index < -0.39 is 4.92 Å². The van der Waals surface area contributed by atoms with Gasteiger partial charge in [-0.15, -0.1) is 6.58 Å². The standard InChI is InChI=1S/C26H20Cl2N2O4/c1-3-4-20-11-18(12-21(15-29)19-6-8-22(9-7-19)30(31)32)14-25(33-2)26(20)34-16-17-5-10-23(27)24(28)13-17/h3,5-14H,1,4,16H2,2H3/b21-12-. The molecule has 0 radical (unpaired) electrons. The highest BCUT2D eigenvalue weighted by Gasteiger charge is 2.14. The summed E-state index contributed by atoms with van der Waals surface area (Å²) in [5.74, 6) is 1.05. The van der Waals surface area contributed by atoms with Gasteiger partial charge in [-0.05, 0) is 65.6 Å². The van der Waals surface area contributed by atoms with Gasteiger partial charge in [-0.3, -0.25) is 10.1 Å². The van der Waals surface area contributed by atoms with Crippen molar-refractivity contribution in [3.05, 3.63) is 110 Å². The van der Waals surface area contributed by atoms with Crippen molar-refractivity contribution >= 4 is 40.5 Å². The van der Waals surface area contributed by atoms with Crippen LogP contribution in [0.3, 0.4) is 0 Å². The minimum absolute atomic E-state index is 0.0422. The molecule has 0 saturated carbocycles. The molecule has 172 valence electrons. The molecule has 0 spiro atoms. The van der Waals surface area contributed by atoms with Crippen LogP contribution < -0.4 is 9.47 Å². The van der Waals surface area contributed by atoms with Crippen molar-refractivity contribution in [1.82, 2.24) is 0 Å². The number of allylic oxidation sites excluding steroid dienone is 2. The number of hydrogen-bond acceptors (Lipinski definition) is 5. The van der Waals surface area contributed by atoms with Crippen LogP contribution in [0.25, 0.3) is 11.6 Å². The number of methoxy groups -OCH3 is 1. The minimum atomic E-state index is -0.483. The third-order valence-electron chi connectivity index (χ3n) is 4.93. The van der Waals surface area contributed by atoms with Crippen molar-refractivity contribution < 1.29 is 14.4 Å². The Kier molecular flexibility index (Phi) is 8.31. The van der Waals surface area contributed by atoms with Crippen molar-refractivity contribution in [2.75, 3.05) is 7.11 Å². The number of nitriles is 1. The van der Waals surface area contributed by atoms with Gasteiger partial charge < -0.3 is 9.47 Å². The third-order valence-corrected chi connectivity index (χ3v) is 5.67. The van der Waals surface area contributed by atoms with E-state index in [4.69, 9.17) is 32.7 Å². The average molecular weight is 495 g/mol. The lowest BCUT2D eigenvalue weighted by Crippen LogP contribution is -2.02. The lowest BCUT2D eigenvalue weighted by atomic mass is 10.0. The van der Waals surface area contributed by atoms with Crippen LogP contribution in [0.5, 0.6) is 11.5 Å². The van der Waals surface area contributed by atoms with E-state index in [2.05, 4.69) is 12.6 Å². The lowest BCUT2D eigenvalue weighted by molar-refractivity contribution is -0.384. The Balaban J connectivity index is 1.96. The molecule has 3 rings (SSSR count). The highest BCUT2D eigenvalue weighted by Crippen LogP contribution is 2.36. The second kappa shape index (κ2) is 11.4. The van der Waals surface area contributed by atoms with Gasteiger partial charge >= 0.3 is 0 Å². The van der Waals surface area contributed by atoms with Gasteiger partial charge in [-0.25, -0.2) is 0 Å². The molecule has 0 aliphatic carbocycles. The zero-order valence-electron chi connectivity index (χ0n) is 18.3. The highest BCUT2D eigenvalue weighted by molar-refractivity contribution is 6.42. The van der Waals surface area contributed by atoms with Crippen molar-refractivity contribution in [2.24, 2.45) is 0 Å². The quantitative estimate of drug-likeness (QED) is 0.102. The van der Waals surface area contributed by atoms with E-state index in [0.29, 0.717) is 44.7 Å². The molecule has 0 amide bonds. The molecule has 34 heavy (non-hydrogen) atoms. The molecule has 0 heterocycles. The molecule has 6 nitrogen and oxygen atoms in total. The summed E-state index contributed by atoms with van der Waals surface area (Å²) in [4.78, 5) is 10.4. The van der Waals surface area contributed by atoms with Gasteiger partial charge in [0.1, 0.15) is 6.61 Å². The van der Waals surface area contributed by atoms with E-state index in [1.165, 1.54) is 19.2 Å². The van der Waals surface area contributed by atoms with E-state index in [9.17, 15) is 15.4 Å². The molecule has 3 aromatic rings. The number of nitro groups is 1. The average Bonchev–Trinajstić information content (AvgIpc) is 2.83. The maximum absolute atomic E-state index is 10.9. The predicted molar refractivity (Wildman–Crippen MR) is 134 cm³/mol. The number of benzene rings is 3. The van der Waals surface area contributed by atoms with Gasteiger partial charge in [0.2, 0.25) is 0 Å². The largest absolute Gasteiger partial charge is 0.493 e. The maximum Gasteiger partial charge on any atom is 0.269 e. The zero-order chi connectivity index (χ0) is 24.7. The Hall–Kier alpha value is -3.79. The first-order valence-corrected chi connectivity index (χ1v) is 10.9. The molecule has 8 heteroatoms. The highest BCUT2D eigenvalue weighted by atomic mass is 35.5. The lowest BCUT2D eigenvalue weighted by Gasteiger charge is -2.16. The van der Waals surface area contributed by atoms with Crippen LogP contribution in [0.1, 0.15) is 22.3 Å². The Morgan fingerprint density at radius 3 is 2.47 bits per heavy atom. The molecule has 0 fully saturated rings. The molecule has 0 saturated heterocycles. The number of hydrogen-bond donors (Lipinski definition) is 0. The first-order valence-electron chi connectivity index (χ1n) is 10.1. The maximum atomic E-state index is 10.9. The molecule has 0 N–H and O–H groups in total. The SMILES string of the molecule is C=CCc1cc(/C=C(/C#N)c2ccc([N+](=O)[O-])cc2)cc(OC)c1OCc1ccc(Cl)c(Cl)c1. The zero-order valence-corrected chi connectivity index (χ0v) is 19.8. The van der Waals surface area contributed by atoms with Gasteiger partial charge in [0.25, 0.3) is 5.69 Å². The summed E-state index contributed by atoms with van der Waals surface area (Å²) >= 11 is 12.1. The van der Waals surface area contributed by atoms with Gasteiger partial charge in [0.05, 0.1) is 33.7 Å². The van der Waals surface area contributed by atoms with E-state index >= 15 is 0 Å². The van der Waals surface area contributed by atoms with Gasteiger partial charge in [0, 0.05) is 17.7 Å². The molecular weight excluding hydrogens is 475 g/mol. The molecule has 0 aromatic heterocycles. The topological polar surface area (TPSA) is 85.4 Å². The Labute approximate surface area is 207 Å². The third kappa shape index (κ3) is 5.96. The number of non-ortho nitro benzene ring substituents is 1. The van der Waals surface area contributed by atoms with Crippen molar-refractivity contribution in [3.63, 3.8) is 0 Å². The fourth-order valence-corrected chi connectivity index (χ4v) is 3.60. The first-order chi connectivity index (χ1) is 16.4. The van der Waals surface area contributed by atoms with Crippen LogP contribution in [-0.4, -0.2) is 12.0 Å². The van der Waals surface area contributed by atoms with Gasteiger partial charge in [-0.1, -0.05) is 35.3 Å². The Bertz CT molecular complexity index is 1300. The molecule has 0 aliphatic heterocycles. The Morgan fingerprint density at radius 2 is 1.88 bits per heavy atom. The fraction of sp³-hybridized carbons (Fsp3) is 0.115. The van der Waals surface area contributed by atoms with E-state index in [1.807, 2.05) is 12.1 Å². The van der Waals surface area contributed by atoms with Crippen molar-refractivity contribution in [3.8, 4) is 17.6 Å². The fourth-order valence-electron chi connectivity index (χ4n) is 3.28. The summed E-state index contributed by atoms with van der Waals surface area (Å²) in [7, 11) is 1.54. The van der Waals surface area contributed by atoms with E-state index in [1.54, 1.807) is 42.5 Å². The van der Waals surface area contributed by atoms with Crippen LogP contribution in [0.15, 0.2) is 67.3 Å². The van der Waals surface area contributed by atoms with Crippen molar-refractivity contribution in [1.29, 1.82) is 5.26 Å². The van der Waals surface area contributed by atoms with Crippen LogP contribution in [0, 0.1) is 21.4 Å². The summed E-state index contributed by atoms with van der Waals surface area (Å²) in [5.41, 5.74) is 3.25. The van der Waals surface area contributed by atoms with E-state index in [0.717, 1.165) is 11.1 Å². The molecular formula is C26H20Cl2N2O4. The minimum Gasteiger partial charge on any atom is -0.493 e. The van der Waals surface area contributed by atoms with Gasteiger partial charge in [-0.2, -0.15) is 5.26 Å². The predicted octanol–water partition coefficient (Wildman–Crippen LogP) is 7.28. The Morgan fingerprint density at radius 1 is 1.15 bits per heavy atom. The monoisotopic (exact) mass is 494 g/mol. The molecule has 3 aromatic carbocycles. The second-order valence-electron chi connectivity index (χ2n) is 7.22. The normalized spacial score (nSPS) is 10.9. The summed E-state index contributed by atoms with van der Waals surface area (Å²) in [6, 6.07) is 16.9. The number of nitro benzene ring substituents is 1. The van der Waals surface area contributed by atoms with Gasteiger partial charge in [0.15, 0.2) is 11.5 Å². The summed E-state index contributed by atoms with van der Waals surface area (Å²) < 4.78 is 11.6. The summed E-state index contributed by atoms with van der Waals surface area (Å²) in [5, 5.41) is 21.5. The molecule has 0 unspecified atom stereocenters. The number of rotatable bonds is 9.